The minimum atomic E-state index is -0.716. The van der Waals surface area contributed by atoms with Gasteiger partial charge in [0.05, 0.1) is 6.04 Å². The van der Waals surface area contributed by atoms with Gasteiger partial charge >= 0.3 is 0 Å². The molecule has 2 amide bonds. The lowest BCUT2D eigenvalue weighted by molar-refractivity contribution is -0.122. The summed E-state index contributed by atoms with van der Waals surface area (Å²) < 4.78 is 0. The van der Waals surface area contributed by atoms with Crippen LogP contribution >= 0.6 is 0 Å². The molecule has 0 spiro atoms. The van der Waals surface area contributed by atoms with Crippen LogP contribution in [0, 0.1) is 0 Å². The Morgan fingerprint density at radius 1 is 1.43 bits per heavy atom. The molecule has 0 fully saturated rings. The molecular formula is C9H19N3O2. The van der Waals surface area contributed by atoms with E-state index in [4.69, 9.17) is 11.5 Å². The molecule has 0 saturated heterocycles. The van der Waals surface area contributed by atoms with Crippen molar-refractivity contribution in [3.63, 3.8) is 0 Å². The van der Waals surface area contributed by atoms with E-state index >= 15 is 0 Å². The van der Waals surface area contributed by atoms with Crippen molar-refractivity contribution in [2.24, 2.45) is 11.5 Å². The maximum atomic E-state index is 11.1. The topological polar surface area (TPSA) is 98.2 Å². The van der Waals surface area contributed by atoms with Crippen LogP contribution in [0.15, 0.2) is 0 Å². The van der Waals surface area contributed by atoms with Gasteiger partial charge in [0.2, 0.25) is 11.8 Å². The molecule has 5 nitrogen and oxygen atoms in total. The fourth-order valence-corrected chi connectivity index (χ4v) is 0.922. The zero-order chi connectivity index (χ0) is 11.0. The van der Waals surface area contributed by atoms with Crippen LogP contribution in [-0.4, -0.2) is 24.4 Å². The van der Waals surface area contributed by atoms with Crippen LogP contribution in [0.4, 0.5) is 0 Å². The average molecular weight is 201 g/mol. The normalized spacial score (nSPS) is 12.1. The molecule has 0 rings (SSSR count). The monoisotopic (exact) mass is 201 g/mol. The fourth-order valence-electron chi connectivity index (χ4n) is 0.922. The Morgan fingerprint density at radius 3 is 2.57 bits per heavy atom. The minimum Gasteiger partial charge on any atom is -0.368 e. The largest absolute Gasteiger partial charge is 0.368 e. The van der Waals surface area contributed by atoms with Crippen molar-refractivity contribution >= 4 is 11.8 Å². The number of unbranched alkanes of at least 4 members (excludes halogenated alkanes) is 1. The van der Waals surface area contributed by atoms with Gasteiger partial charge in [-0.05, 0) is 12.8 Å². The maximum Gasteiger partial charge on any atom is 0.234 e. The van der Waals surface area contributed by atoms with E-state index in [0.29, 0.717) is 13.0 Å². The minimum absolute atomic E-state index is 0.0739. The zero-order valence-corrected chi connectivity index (χ0v) is 8.58. The van der Waals surface area contributed by atoms with E-state index in [1.54, 1.807) is 0 Å². The van der Waals surface area contributed by atoms with Gasteiger partial charge in [-0.25, -0.2) is 0 Å². The Bertz CT molecular complexity index is 194. The first-order chi connectivity index (χ1) is 6.57. The van der Waals surface area contributed by atoms with Gasteiger partial charge in [0.25, 0.3) is 0 Å². The fraction of sp³-hybridized carbons (Fsp3) is 0.778. The summed E-state index contributed by atoms with van der Waals surface area (Å²) in [4.78, 5) is 21.7. The molecule has 14 heavy (non-hydrogen) atoms. The van der Waals surface area contributed by atoms with E-state index in [9.17, 15) is 9.59 Å². The Morgan fingerprint density at radius 2 is 2.07 bits per heavy atom. The number of rotatable bonds is 7. The average Bonchev–Trinajstić information content (AvgIpc) is 2.14. The maximum absolute atomic E-state index is 11.1. The van der Waals surface area contributed by atoms with E-state index in [-0.39, 0.29) is 12.3 Å². The van der Waals surface area contributed by atoms with Crippen molar-refractivity contribution in [3.8, 4) is 0 Å². The van der Waals surface area contributed by atoms with Crippen molar-refractivity contribution in [3.05, 3.63) is 0 Å². The van der Waals surface area contributed by atoms with Crippen molar-refractivity contribution in [1.29, 1.82) is 0 Å². The van der Waals surface area contributed by atoms with Crippen LogP contribution in [0.5, 0.6) is 0 Å². The standard InChI is InChI=1S/C9H19N3O2/c1-2-3-6-12-8(13)5-4-7(10)9(11)14/h7H,2-6,10H2,1H3,(H2,11,14)(H,12,13)/t7-/m0/s1. The van der Waals surface area contributed by atoms with Crippen molar-refractivity contribution in [2.75, 3.05) is 6.54 Å². The highest BCUT2D eigenvalue weighted by atomic mass is 16.2. The Balaban J connectivity index is 3.48. The van der Waals surface area contributed by atoms with Crippen LogP contribution < -0.4 is 16.8 Å². The molecule has 0 aromatic rings. The van der Waals surface area contributed by atoms with E-state index in [1.807, 2.05) is 0 Å². The van der Waals surface area contributed by atoms with Crippen molar-refractivity contribution < 1.29 is 9.59 Å². The molecule has 0 unspecified atom stereocenters. The predicted molar refractivity (Wildman–Crippen MR) is 54.3 cm³/mol. The first kappa shape index (κ1) is 12.9. The van der Waals surface area contributed by atoms with Crippen molar-refractivity contribution in [1.82, 2.24) is 5.32 Å². The molecular weight excluding hydrogens is 182 g/mol. The summed E-state index contributed by atoms with van der Waals surface area (Å²) in [5, 5.41) is 2.73. The Labute approximate surface area is 84.2 Å². The lowest BCUT2D eigenvalue weighted by atomic mass is 10.1. The number of amides is 2. The molecule has 0 aliphatic carbocycles. The van der Waals surface area contributed by atoms with Gasteiger partial charge in [0.1, 0.15) is 0 Å². The molecule has 82 valence electrons. The molecule has 0 aliphatic rings. The highest BCUT2D eigenvalue weighted by Gasteiger charge is 2.10. The predicted octanol–water partition coefficient (Wildman–Crippen LogP) is -0.504. The second kappa shape index (κ2) is 7.32. The van der Waals surface area contributed by atoms with Gasteiger partial charge in [-0.2, -0.15) is 0 Å². The number of nitrogens with two attached hydrogens (primary N) is 2. The zero-order valence-electron chi connectivity index (χ0n) is 8.58. The highest BCUT2D eigenvalue weighted by molar-refractivity contribution is 5.81. The summed E-state index contributed by atoms with van der Waals surface area (Å²) in [5.74, 6) is -0.637. The van der Waals surface area contributed by atoms with E-state index < -0.39 is 11.9 Å². The van der Waals surface area contributed by atoms with Gasteiger partial charge in [0.15, 0.2) is 0 Å². The Hall–Kier alpha value is -1.10. The summed E-state index contributed by atoms with van der Waals surface area (Å²) in [7, 11) is 0. The van der Waals surface area contributed by atoms with E-state index in [0.717, 1.165) is 12.8 Å². The summed E-state index contributed by atoms with van der Waals surface area (Å²) in [6, 6.07) is -0.716. The first-order valence-corrected chi connectivity index (χ1v) is 4.89. The number of hydrogen-bond donors (Lipinski definition) is 3. The van der Waals surface area contributed by atoms with Crippen LogP contribution in [0.2, 0.25) is 0 Å². The SMILES string of the molecule is CCCCNC(=O)CC[C@H](N)C(N)=O. The van der Waals surface area contributed by atoms with Gasteiger partial charge in [-0.15, -0.1) is 0 Å². The number of primary amides is 1. The molecule has 5 heteroatoms. The van der Waals surface area contributed by atoms with Gasteiger partial charge < -0.3 is 16.8 Å². The molecule has 0 bridgehead atoms. The number of carbonyl (C=O) groups is 2. The lowest BCUT2D eigenvalue weighted by Crippen LogP contribution is -2.37. The van der Waals surface area contributed by atoms with Gasteiger partial charge in [0, 0.05) is 13.0 Å². The smallest absolute Gasteiger partial charge is 0.234 e. The van der Waals surface area contributed by atoms with Crippen LogP contribution in [0.3, 0.4) is 0 Å². The second-order valence-corrected chi connectivity index (χ2v) is 3.25. The first-order valence-electron chi connectivity index (χ1n) is 4.89. The van der Waals surface area contributed by atoms with Gasteiger partial charge in [-0.1, -0.05) is 13.3 Å². The summed E-state index contributed by atoms with van der Waals surface area (Å²) >= 11 is 0. The second-order valence-electron chi connectivity index (χ2n) is 3.25. The molecule has 0 saturated carbocycles. The molecule has 0 heterocycles. The van der Waals surface area contributed by atoms with E-state index in [1.165, 1.54) is 0 Å². The Kier molecular flexibility index (Phi) is 6.74. The lowest BCUT2D eigenvalue weighted by Gasteiger charge is -2.07. The molecule has 0 aromatic carbocycles. The molecule has 0 aliphatic heterocycles. The number of hydrogen-bond acceptors (Lipinski definition) is 3. The van der Waals surface area contributed by atoms with Crippen molar-refractivity contribution in [2.45, 2.75) is 38.6 Å². The molecule has 0 aromatic heterocycles. The van der Waals surface area contributed by atoms with Crippen LogP contribution in [0.25, 0.3) is 0 Å². The third-order valence-electron chi connectivity index (χ3n) is 1.90. The summed E-state index contributed by atoms with van der Waals surface area (Å²) in [5.41, 5.74) is 10.3. The third kappa shape index (κ3) is 6.42. The highest BCUT2D eigenvalue weighted by Crippen LogP contribution is 1.94. The molecule has 1 atom stereocenters. The van der Waals surface area contributed by atoms with Crippen LogP contribution in [0.1, 0.15) is 32.6 Å². The quantitative estimate of drug-likeness (QED) is 0.484. The van der Waals surface area contributed by atoms with E-state index in [2.05, 4.69) is 12.2 Å². The summed E-state index contributed by atoms with van der Waals surface area (Å²) in [6.07, 6.45) is 2.58. The number of carbonyl (C=O) groups excluding carboxylic acids is 2. The van der Waals surface area contributed by atoms with Gasteiger partial charge in [-0.3, -0.25) is 9.59 Å². The molecule has 0 radical (unpaired) electrons. The number of nitrogens with one attached hydrogen (secondary N) is 1. The third-order valence-corrected chi connectivity index (χ3v) is 1.90. The summed E-state index contributed by atoms with van der Waals surface area (Å²) in [6.45, 7) is 2.73. The molecule has 5 N–H and O–H groups in total. The van der Waals surface area contributed by atoms with Crippen LogP contribution in [-0.2, 0) is 9.59 Å².